The minimum Gasteiger partial charge on any atom is -0.508 e. The molecule has 1 aromatic heterocycles. The van der Waals surface area contributed by atoms with Crippen LogP contribution in [-0.2, 0) is 4.79 Å². The number of benzene rings is 3. The van der Waals surface area contributed by atoms with E-state index in [9.17, 15) is 9.90 Å². The fraction of sp³-hybridized carbons (Fsp3) is 0.321. The summed E-state index contributed by atoms with van der Waals surface area (Å²) in [5.74, 6) is 0.0507. The van der Waals surface area contributed by atoms with Crippen molar-refractivity contribution in [2.75, 3.05) is 31.1 Å². The zero-order valence-electron chi connectivity index (χ0n) is 20.5. The van der Waals surface area contributed by atoms with Gasteiger partial charge in [-0.05, 0) is 47.4 Å². The molecule has 9 heteroatoms. The lowest BCUT2D eigenvalue weighted by Gasteiger charge is -2.34. The van der Waals surface area contributed by atoms with Gasteiger partial charge >= 0.3 is 6.01 Å². The van der Waals surface area contributed by atoms with Gasteiger partial charge in [0.25, 0.3) is 0 Å². The van der Waals surface area contributed by atoms with Gasteiger partial charge < -0.3 is 25.4 Å². The summed E-state index contributed by atoms with van der Waals surface area (Å²) in [6.07, 6.45) is 2.21. The molecule has 2 bridgehead atoms. The third-order valence-electron chi connectivity index (χ3n) is 7.13. The molecule has 0 aliphatic carbocycles. The Bertz CT molecular complexity index is 1500. The smallest absolute Gasteiger partial charge is 0.319 e. The molecule has 3 heterocycles. The molecule has 0 unspecified atom stereocenters. The number of hydrogen-bond acceptors (Lipinski definition) is 7. The Morgan fingerprint density at radius 2 is 1.89 bits per heavy atom. The van der Waals surface area contributed by atoms with E-state index >= 15 is 4.39 Å². The van der Waals surface area contributed by atoms with E-state index in [2.05, 4.69) is 20.5 Å². The molecule has 8 nitrogen and oxygen atoms in total. The van der Waals surface area contributed by atoms with Crippen molar-refractivity contribution in [3.8, 4) is 22.9 Å². The number of nitrogens with one attached hydrogen (secondary N) is 2. The number of hydrogen-bond donors (Lipinski definition) is 3. The lowest BCUT2D eigenvalue weighted by atomic mass is 9.96. The van der Waals surface area contributed by atoms with Crippen LogP contribution >= 0.6 is 0 Å². The molecule has 2 aliphatic rings. The highest BCUT2D eigenvalue weighted by molar-refractivity contribution is 6.01. The molecule has 3 N–H and O–H groups in total. The Balaban J connectivity index is 1.47. The van der Waals surface area contributed by atoms with E-state index in [0.717, 1.165) is 36.7 Å². The second-order valence-electron chi connectivity index (χ2n) is 9.74. The summed E-state index contributed by atoms with van der Waals surface area (Å²) in [5, 5.41) is 18.9. The van der Waals surface area contributed by atoms with Crippen LogP contribution in [0.1, 0.15) is 19.8 Å². The number of phenols is 1. The van der Waals surface area contributed by atoms with E-state index in [0.29, 0.717) is 41.0 Å². The quantitative estimate of drug-likeness (QED) is 0.346. The molecule has 190 valence electrons. The molecule has 3 aromatic carbocycles. The summed E-state index contributed by atoms with van der Waals surface area (Å²) in [6.45, 7) is 3.44. The molecule has 2 fully saturated rings. The molecule has 0 spiro atoms. The van der Waals surface area contributed by atoms with Gasteiger partial charge in [0.2, 0.25) is 5.91 Å². The van der Waals surface area contributed by atoms with Crippen molar-refractivity contribution in [1.29, 1.82) is 0 Å². The fourth-order valence-corrected chi connectivity index (χ4v) is 5.50. The number of fused-ring (bicyclic) bond motifs is 4. The zero-order valence-corrected chi connectivity index (χ0v) is 20.5. The number of piperazine rings is 1. The van der Waals surface area contributed by atoms with Crippen LogP contribution < -0.4 is 20.3 Å². The number of aromatic nitrogens is 2. The van der Waals surface area contributed by atoms with Gasteiger partial charge in [0.1, 0.15) is 23.7 Å². The summed E-state index contributed by atoms with van der Waals surface area (Å²) in [5.41, 5.74) is 1.09. The molecule has 0 saturated carbocycles. The Morgan fingerprint density at radius 1 is 1.11 bits per heavy atom. The van der Waals surface area contributed by atoms with Gasteiger partial charge in [-0.1, -0.05) is 30.3 Å². The number of rotatable bonds is 6. The molecular weight excluding hydrogens is 473 g/mol. The summed E-state index contributed by atoms with van der Waals surface area (Å²) in [7, 11) is 0. The van der Waals surface area contributed by atoms with Crippen molar-refractivity contribution in [3.63, 3.8) is 0 Å². The van der Waals surface area contributed by atoms with Crippen LogP contribution in [0, 0.1) is 5.82 Å². The Kier molecular flexibility index (Phi) is 6.00. The van der Waals surface area contributed by atoms with Gasteiger partial charge in [0.05, 0.1) is 6.54 Å². The van der Waals surface area contributed by atoms with E-state index in [-0.39, 0.29) is 29.8 Å². The van der Waals surface area contributed by atoms with Crippen LogP contribution in [0.4, 0.5) is 10.2 Å². The van der Waals surface area contributed by atoms with E-state index < -0.39 is 5.82 Å². The van der Waals surface area contributed by atoms with Gasteiger partial charge in [0.15, 0.2) is 5.82 Å². The van der Waals surface area contributed by atoms with Crippen molar-refractivity contribution in [3.05, 3.63) is 54.3 Å². The number of ether oxygens (including phenoxy) is 1. The van der Waals surface area contributed by atoms with E-state index in [1.165, 1.54) is 6.92 Å². The van der Waals surface area contributed by atoms with Gasteiger partial charge in [-0.25, -0.2) is 4.39 Å². The van der Waals surface area contributed by atoms with Crippen molar-refractivity contribution in [2.45, 2.75) is 31.8 Å². The number of carbonyl (C=O) groups is 1. The van der Waals surface area contributed by atoms with E-state index in [1.54, 1.807) is 18.2 Å². The molecule has 37 heavy (non-hydrogen) atoms. The first kappa shape index (κ1) is 23.4. The first-order valence-corrected chi connectivity index (χ1v) is 12.6. The van der Waals surface area contributed by atoms with E-state index in [4.69, 9.17) is 9.72 Å². The van der Waals surface area contributed by atoms with Crippen LogP contribution in [0.15, 0.2) is 48.5 Å². The lowest BCUT2D eigenvalue weighted by Crippen LogP contribution is -2.51. The topological polar surface area (TPSA) is 99.6 Å². The molecule has 6 rings (SSSR count). The highest BCUT2D eigenvalue weighted by Crippen LogP contribution is 2.38. The number of phenolic OH excluding ortho intramolecular Hbond substituents is 1. The van der Waals surface area contributed by atoms with Crippen molar-refractivity contribution < 1.29 is 19.0 Å². The number of anilines is 1. The predicted octanol–water partition coefficient (Wildman–Crippen LogP) is 3.75. The Labute approximate surface area is 213 Å². The SMILES string of the molecule is CC(=O)NCCOc1nc(N2C[C@H]3CC[C@@H](C2)N3)c2ccc(-c3cc(O)cc4ccccc34)c(F)c2n1. The van der Waals surface area contributed by atoms with Gasteiger partial charge in [0, 0.05) is 43.0 Å². The van der Waals surface area contributed by atoms with Crippen LogP contribution in [-0.4, -0.2) is 59.3 Å². The van der Waals surface area contributed by atoms with Crippen molar-refractivity contribution >= 4 is 33.4 Å². The number of nitrogens with zero attached hydrogens (tertiary/aromatic N) is 3. The third kappa shape index (κ3) is 4.51. The van der Waals surface area contributed by atoms with E-state index in [1.807, 2.05) is 30.3 Å². The first-order chi connectivity index (χ1) is 18.0. The zero-order chi connectivity index (χ0) is 25.5. The maximum Gasteiger partial charge on any atom is 0.319 e. The molecule has 2 atom stereocenters. The van der Waals surface area contributed by atoms with Gasteiger partial charge in [-0.15, -0.1) is 0 Å². The molecule has 1 amide bonds. The fourth-order valence-electron chi connectivity index (χ4n) is 5.50. The van der Waals surface area contributed by atoms with Crippen LogP contribution in [0.25, 0.3) is 32.8 Å². The number of carbonyl (C=O) groups excluding carboxylic acids is 1. The minimum absolute atomic E-state index is 0.0647. The summed E-state index contributed by atoms with van der Waals surface area (Å²) >= 11 is 0. The molecule has 2 aliphatic heterocycles. The van der Waals surface area contributed by atoms with Crippen LogP contribution in [0.2, 0.25) is 0 Å². The molecule has 0 radical (unpaired) electrons. The highest BCUT2D eigenvalue weighted by Gasteiger charge is 2.34. The lowest BCUT2D eigenvalue weighted by molar-refractivity contribution is -0.119. The maximum absolute atomic E-state index is 16.3. The number of aromatic hydroxyl groups is 1. The summed E-state index contributed by atoms with van der Waals surface area (Å²) < 4.78 is 22.1. The van der Waals surface area contributed by atoms with Gasteiger partial charge in [-0.2, -0.15) is 9.97 Å². The number of amides is 1. The van der Waals surface area contributed by atoms with Crippen LogP contribution in [0.3, 0.4) is 0 Å². The monoisotopic (exact) mass is 501 g/mol. The Hall–Kier alpha value is -3.98. The summed E-state index contributed by atoms with van der Waals surface area (Å²) in [6, 6.07) is 15.2. The van der Waals surface area contributed by atoms with Gasteiger partial charge in [-0.3, -0.25) is 4.79 Å². The second-order valence-corrected chi connectivity index (χ2v) is 9.74. The first-order valence-electron chi connectivity index (χ1n) is 12.6. The van der Waals surface area contributed by atoms with Crippen LogP contribution in [0.5, 0.6) is 11.8 Å². The molecule has 2 saturated heterocycles. The largest absolute Gasteiger partial charge is 0.508 e. The standard InChI is InChI=1S/C28H28FN5O3/c1-16(35)30-10-11-37-28-32-26-23(27(33-28)34-14-18-6-7-19(15-34)31-18)9-8-22(25(26)29)24-13-20(36)12-17-4-2-3-5-21(17)24/h2-5,8-9,12-13,18-19,31,36H,6-7,10-11,14-15H2,1H3,(H,30,35)/t18-,19+. The maximum atomic E-state index is 16.3. The van der Waals surface area contributed by atoms with Crippen molar-refractivity contribution in [2.24, 2.45) is 0 Å². The average Bonchev–Trinajstić information content (AvgIpc) is 3.23. The predicted molar refractivity (Wildman–Crippen MR) is 140 cm³/mol. The molecular formula is C28H28FN5O3. The second kappa shape index (κ2) is 9.48. The highest BCUT2D eigenvalue weighted by atomic mass is 19.1. The average molecular weight is 502 g/mol. The third-order valence-corrected chi connectivity index (χ3v) is 7.13. The number of halogens is 1. The Morgan fingerprint density at radius 3 is 2.68 bits per heavy atom. The normalized spacial score (nSPS) is 18.9. The minimum atomic E-state index is -0.498. The van der Waals surface area contributed by atoms with Crippen molar-refractivity contribution in [1.82, 2.24) is 20.6 Å². The summed E-state index contributed by atoms with van der Waals surface area (Å²) in [4.78, 5) is 22.6. The molecule has 4 aromatic rings.